The molecule has 36 heavy (non-hydrogen) atoms. The van der Waals surface area contributed by atoms with Crippen molar-refractivity contribution < 1.29 is 9.90 Å². The van der Waals surface area contributed by atoms with Crippen LogP contribution < -0.4 is 11.1 Å². The predicted molar refractivity (Wildman–Crippen MR) is 147 cm³/mol. The monoisotopic (exact) mass is 475 g/mol. The molecule has 5 rings (SSSR count). The van der Waals surface area contributed by atoms with Crippen LogP contribution in [0.5, 0.6) is 0 Å². The molecule has 1 aromatic heterocycles. The first-order valence-corrected chi connectivity index (χ1v) is 12.0. The van der Waals surface area contributed by atoms with E-state index in [2.05, 4.69) is 52.9 Å². The number of aromatic nitrogens is 1. The highest BCUT2D eigenvalue weighted by Gasteiger charge is 2.25. The third kappa shape index (κ3) is 4.68. The van der Waals surface area contributed by atoms with Gasteiger partial charge in [-0.2, -0.15) is 0 Å². The predicted octanol–water partition coefficient (Wildman–Crippen LogP) is 6.70. The van der Waals surface area contributed by atoms with Crippen molar-refractivity contribution in [2.24, 2.45) is 18.7 Å². The van der Waals surface area contributed by atoms with Crippen LogP contribution in [0.25, 0.3) is 33.2 Å². The lowest BCUT2D eigenvalue weighted by molar-refractivity contribution is -0.132. The van der Waals surface area contributed by atoms with Crippen LogP contribution in [-0.2, 0) is 11.8 Å². The highest BCUT2D eigenvalue weighted by Crippen LogP contribution is 2.38. The molecule has 1 aliphatic rings. The van der Waals surface area contributed by atoms with Gasteiger partial charge in [-0.1, -0.05) is 61.2 Å². The van der Waals surface area contributed by atoms with Gasteiger partial charge in [0.25, 0.3) is 0 Å². The van der Waals surface area contributed by atoms with Gasteiger partial charge in [0, 0.05) is 29.9 Å². The SMILES string of the molecule is C=C/C(=C\C(C(=O)O)=C(/N)Nc1cc(-c2cccc(-c3ccccc3)c2)c2c(ccn2C)c1)C1CC1. The molecule has 1 fully saturated rings. The normalized spacial score (nSPS) is 14.4. The first kappa shape index (κ1) is 23.2. The summed E-state index contributed by atoms with van der Waals surface area (Å²) in [5.74, 6) is -0.604. The van der Waals surface area contributed by atoms with Gasteiger partial charge in [-0.05, 0) is 71.4 Å². The number of carboxylic acids is 1. The molecule has 1 heterocycles. The summed E-state index contributed by atoms with van der Waals surface area (Å²) in [5, 5.41) is 14.0. The molecule has 1 saturated carbocycles. The van der Waals surface area contributed by atoms with Crippen LogP contribution in [0, 0.1) is 5.92 Å². The lowest BCUT2D eigenvalue weighted by Gasteiger charge is -2.14. The van der Waals surface area contributed by atoms with Crippen LogP contribution in [-0.4, -0.2) is 15.6 Å². The van der Waals surface area contributed by atoms with Crippen molar-refractivity contribution in [2.45, 2.75) is 12.8 Å². The molecular weight excluding hydrogens is 446 g/mol. The number of allylic oxidation sites excluding steroid dienone is 2. The molecule has 0 radical (unpaired) electrons. The number of hydrogen-bond donors (Lipinski definition) is 3. The third-order valence-corrected chi connectivity index (χ3v) is 6.65. The fourth-order valence-corrected chi connectivity index (χ4v) is 4.64. The maximum absolute atomic E-state index is 12.0. The van der Waals surface area contributed by atoms with E-state index in [1.54, 1.807) is 12.2 Å². The molecule has 5 heteroatoms. The van der Waals surface area contributed by atoms with Crippen LogP contribution in [0.15, 0.2) is 115 Å². The van der Waals surface area contributed by atoms with E-state index in [9.17, 15) is 9.90 Å². The second-order valence-electron chi connectivity index (χ2n) is 9.22. The van der Waals surface area contributed by atoms with Crippen molar-refractivity contribution in [3.63, 3.8) is 0 Å². The van der Waals surface area contributed by atoms with Crippen LogP contribution in [0.3, 0.4) is 0 Å². The van der Waals surface area contributed by atoms with Gasteiger partial charge in [-0.3, -0.25) is 0 Å². The Balaban J connectivity index is 1.59. The van der Waals surface area contributed by atoms with Crippen molar-refractivity contribution in [2.75, 3.05) is 5.32 Å². The second kappa shape index (κ2) is 9.62. The van der Waals surface area contributed by atoms with Gasteiger partial charge in [0.1, 0.15) is 5.82 Å². The van der Waals surface area contributed by atoms with E-state index in [1.165, 1.54) is 0 Å². The number of aliphatic carboxylic acids is 1. The van der Waals surface area contributed by atoms with Gasteiger partial charge >= 0.3 is 5.97 Å². The Hall–Kier alpha value is -4.51. The Labute approximate surface area is 210 Å². The van der Waals surface area contributed by atoms with Gasteiger partial charge in [-0.25, -0.2) is 4.79 Å². The Morgan fingerprint density at radius 2 is 1.75 bits per heavy atom. The molecule has 5 nitrogen and oxygen atoms in total. The molecule has 0 aliphatic heterocycles. The summed E-state index contributed by atoms with van der Waals surface area (Å²) >= 11 is 0. The van der Waals surface area contributed by atoms with E-state index in [4.69, 9.17) is 5.73 Å². The average molecular weight is 476 g/mol. The maximum atomic E-state index is 12.0. The van der Waals surface area contributed by atoms with Crippen molar-refractivity contribution in [3.8, 4) is 22.3 Å². The molecule has 0 spiro atoms. The van der Waals surface area contributed by atoms with Gasteiger partial charge in [0.15, 0.2) is 0 Å². The molecule has 0 atom stereocenters. The minimum atomic E-state index is -1.07. The molecule has 0 saturated heterocycles. The number of hydrogen-bond acceptors (Lipinski definition) is 3. The smallest absolute Gasteiger partial charge is 0.339 e. The topological polar surface area (TPSA) is 80.3 Å². The zero-order chi connectivity index (χ0) is 25.2. The molecular formula is C31H29N3O2. The zero-order valence-corrected chi connectivity index (χ0v) is 20.2. The molecule has 3 aromatic carbocycles. The highest BCUT2D eigenvalue weighted by molar-refractivity contribution is 5.99. The molecule has 0 unspecified atom stereocenters. The summed E-state index contributed by atoms with van der Waals surface area (Å²) in [7, 11) is 2.02. The fourth-order valence-electron chi connectivity index (χ4n) is 4.64. The number of carboxylic acid groups (broad SMARTS) is 1. The Kier molecular flexibility index (Phi) is 6.21. The number of nitrogens with two attached hydrogens (primary N) is 1. The van der Waals surface area contributed by atoms with E-state index in [-0.39, 0.29) is 11.4 Å². The quantitative estimate of drug-likeness (QED) is 0.196. The molecule has 0 amide bonds. The molecule has 4 aromatic rings. The van der Waals surface area contributed by atoms with Crippen LogP contribution in [0.2, 0.25) is 0 Å². The Morgan fingerprint density at radius 3 is 2.44 bits per heavy atom. The first-order valence-electron chi connectivity index (χ1n) is 12.0. The number of aryl methyl sites for hydroxylation is 1. The summed E-state index contributed by atoms with van der Waals surface area (Å²) in [6.07, 6.45) is 7.49. The second-order valence-corrected chi connectivity index (χ2v) is 9.22. The van der Waals surface area contributed by atoms with Gasteiger partial charge in [0.05, 0.1) is 11.1 Å². The number of anilines is 1. The van der Waals surface area contributed by atoms with E-state index < -0.39 is 5.97 Å². The van der Waals surface area contributed by atoms with Crippen LogP contribution >= 0.6 is 0 Å². The van der Waals surface area contributed by atoms with E-state index in [0.717, 1.165) is 57.3 Å². The number of fused-ring (bicyclic) bond motifs is 1. The molecule has 180 valence electrons. The number of benzene rings is 3. The van der Waals surface area contributed by atoms with E-state index in [1.807, 2.05) is 49.6 Å². The van der Waals surface area contributed by atoms with Crippen LogP contribution in [0.1, 0.15) is 12.8 Å². The largest absolute Gasteiger partial charge is 0.478 e. The van der Waals surface area contributed by atoms with Crippen molar-refractivity contribution >= 4 is 22.6 Å². The standard InChI is InChI=1S/C31H29N3O2/c1-3-20(22-12-13-22)18-28(31(35)36)30(32)33-26-17-25-14-15-34(2)29(25)27(19-26)24-11-7-10-23(16-24)21-8-5-4-6-9-21/h3-11,14-19,22,33H,1,12-13,32H2,2H3,(H,35,36)/b20-18+,30-28-. The summed E-state index contributed by atoms with van der Waals surface area (Å²) in [6, 6.07) is 24.8. The number of rotatable bonds is 8. The number of nitrogens with one attached hydrogen (secondary N) is 1. The molecule has 0 bridgehead atoms. The summed E-state index contributed by atoms with van der Waals surface area (Å²) in [6.45, 7) is 3.84. The van der Waals surface area contributed by atoms with Gasteiger partial charge in [0.2, 0.25) is 0 Å². The van der Waals surface area contributed by atoms with Crippen molar-refractivity contribution in [1.29, 1.82) is 0 Å². The molecule has 1 aliphatic carbocycles. The maximum Gasteiger partial charge on any atom is 0.339 e. The Bertz CT molecular complexity index is 1520. The summed E-state index contributed by atoms with van der Waals surface area (Å²) in [5.41, 5.74) is 13.5. The first-order chi connectivity index (χ1) is 17.4. The minimum Gasteiger partial charge on any atom is -0.478 e. The average Bonchev–Trinajstić information content (AvgIpc) is 3.67. The number of carbonyl (C=O) groups is 1. The van der Waals surface area contributed by atoms with E-state index >= 15 is 0 Å². The fraction of sp³-hybridized carbons (Fsp3) is 0.129. The minimum absolute atomic E-state index is 0.0394. The third-order valence-electron chi connectivity index (χ3n) is 6.65. The van der Waals surface area contributed by atoms with Crippen LogP contribution in [0.4, 0.5) is 5.69 Å². The molecule has 4 N–H and O–H groups in total. The van der Waals surface area contributed by atoms with Crippen molar-refractivity contribution in [1.82, 2.24) is 4.57 Å². The zero-order valence-electron chi connectivity index (χ0n) is 20.2. The van der Waals surface area contributed by atoms with Gasteiger partial charge in [-0.15, -0.1) is 0 Å². The lowest BCUT2D eigenvalue weighted by atomic mass is 9.97. The van der Waals surface area contributed by atoms with Crippen molar-refractivity contribution in [3.05, 3.63) is 115 Å². The highest BCUT2D eigenvalue weighted by atomic mass is 16.4. The Morgan fingerprint density at radius 1 is 1.03 bits per heavy atom. The summed E-state index contributed by atoms with van der Waals surface area (Å²) < 4.78 is 2.10. The van der Waals surface area contributed by atoms with Gasteiger partial charge < -0.3 is 20.7 Å². The number of nitrogens with zero attached hydrogens (tertiary/aromatic N) is 1. The van der Waals surface area contributed by atoms with E-state index in [0.29, 0.717) is 5.92 Å². The lowest BCUT2D eigenvalue weighted by Crippen LogP contribution is -2.17. The summed E-state index contributed by atoms with van der Waals surface area (Å²) in [4.78, 5) is 12.0.